The highest BCUT2D eigenvalue weighted by atomic mass is 35.5. The lowest BCUT2D eigenvalue weighted by atomic mass is 9.78. The number of hydrogen-bond donors (Lipinski definition) is 3. The molecule has 0 amide bonds. The lowest BCUT2D eigenvalue weighted by molar-refractivity contribution is 0.345. The molecule has 3 rings (SSSR count). The van der Waals surface area contributed by atoms with Crippen molar-refractivity contribution < 1.29 is 0 Å². The normalized spacial score (nSPS) is 19.0. The number of rotatable bonds is 5. The first-order chi connectivity index (χ1) is 10.5. The Morgan fingerprint density at radius 2 is 1.96 bits per heavy atom. The van der Waals surface area contributed by atoms with Gasteiger partial charge in [-0.05, 0) is 49.6 Å². The first kappa shape index (κ1) is 21.0. The highest BCUT2D eigenvalue weighted by Crippen LogP contribution is 2.35. The van der Waals surface area contributed by atoms with Crippen LogP contribution in [0.1, 0.15) is 40.5 Å². The van der Waals surface area contributed by atoms with E-state index in [1.54, 1.807) is 0 Å². The molecule has 1 aliphatic rings. The van der Waals surface area contributed by atoms with Gasteiger partial charge in [-0.1, -0.05) is 0 Å². The van der Waals surface area contributed by atoms with Gasteiger partial charge in [0.1, 0.15) is 5.82 Å². The van der Waals surface area contributed by atoms with Gasteiger partial charge in [-0.3, -0.25) is 0 Å². The van der Waals surface area contributed by atoms with Gasteiger partial charge < -0.3 is 16.8 Å². The third-order valence-corrected chi connectivity index (χ3v) is 5.51. The zero-order valence-electron chi connectivity index (χ0n) is 13.9. The monoisotopic (exact) mass is 389 g/mol. The minimum atomic E-state index is 0. The van der Waals surface area contributed by atoms with Crippen LogP contribution in [0.3, 0.4) is 0 Å². The second-order valence-corrected chi connectivity index (χ2v) is 7.17. The molecule has 5 nitrogen and oxygen atoms in total. The first-order valence-corrected chi connectivity index (χ1v) is 8.58. The standard InChI is InChI=1S/C16H23N5S.2ClH/c1-9-10(2)22-8-11(9)3-4-19-15-7-14(20-16(18)21-15)12-5-13(17)6-12;;/h7-8,12-13H,3-6,17H2,1-2H3,(H3,18,19,20,21);2*1H. The molecule has 0 spiro atoms. The van der Waals surface area contributed by atoms with Gasteiger partial charge in [0.05, 0.1) is 5.69 Å². The van der Waals surface area contributed by atoms with E-state index in [2.05, 4.69) is 34.5 Å². The Bertz CT molecular complexity index is 670. The predicted molar refractivity (Wildman–Crippen MR) is 107 cm³/mol. The van der Waals surface area contributed by atoms with Crippen molar-refractivity contribution in [3.05, 3.63) is 33.1 Å². The van der Waals surface area contributed by atoms with Crippen molar-refractivity contribution in [3.8, 4) is 0 Å². The Labute approximate surface area is 159 Å². The summed E-state index contributed by atoms with van der Waals surface area (Å²) in [7, 11) is 0. The minimum Gasteiger partial charge on any atom is -0.370 e. The van der Waals surface area contributed by atoms with Gasteiger partial charge in [-0.25, -0.2) is 4.98 Å². The number of aromatic nitrogens is 2. The smallest absolute Gasteiger partial charge is 0.222 e. The summed E-state index contributed by atoms with van der Waals surface area (Å²) < 4.78 is 0. The Morgan fingerprint density at radius 1 is 1.25 bits per heavy atom. The van der Waals surface area contributed by atoms with Crippen LogP contribution in [0.5, 0.6) is 0 Å². The van der Waals surface area contributed by atoms with Crippen LogP contribution < -0.4 is 16.8 Å². The van der Waals surface area contributed by atoms with Crippen LogP contribution >= 0.6 is 36.2 Å². The van der Waals surface area contributed by atoms with E-state index in [4.69, 9.17) is 11.5 Å². The third kappa shape index (κ3) is 4.72. The van der Waals surface area contributed by atoms with Crippen molar-refractivity contribution in [2.75, 3.05) is 17.6 Å². The summed E-state index contributed by atoms with van der Waals surface area (Å²) in [5.41, 5.74) is 15.5. The lowest BCUT2D eigenvalue weighted by Gasteiger charge is -2.32. The highest BCUT2D eigenvalue weighted by molar-refractivity contribution is 7.10. The van der Waals surface area contributed by atoms with Gasteiger partial charge in [0, 0.05) is 29.4 Å². The fourth-order valence-corrected chi connectivity index (χ4v) is 3.74. The second kappa shape index (κ2) is 8.85. The van der Waals surface area contributed by atoms with Gasteiger partial charge in [0.15, 0.2) is 0 Å². The van der Waals surface area contributed by atoms with Gasteiger partial charge >= 0.3 is 0 Å². The fourth-order valence-electron chi connectivity index (χ4n) is 2.82. The van der Waals surface area contributed by atoms with Crippen molar-refractivity contribution in [3.63, 3.8) is 0 Å². The number of thiophene rings is 1. The van der Waals surface area contributed by atoms with Crippen LogP contribution in [0.4, 0.5) is 11.8 Å². The van der Waals surface area contributed by atoms with Gasteiger partial charge in [0.2, 0.25) is 5.95 Å². The van der Waals surface area contributed by atoms with Crippen molar-refractivity contribution in [2.45, 2.75) is 45.1 Å². The number of nitrogen functional groups attached to an aromatic ring is 1. The molecule has 0 saturated heterocycles. The maximum atomic E-state index is 5.85. The molecule has 5 N–H and O–H groups in total. The fraction of sp³-hybridized carbons (Fsp3) is 0.500. The summed E-state index contributed by atoms with van der Waals surface area (Å²) >= 11 is 1.81. The summed E-state index contributed by atoms with van der Waals surface area (Å²) in [4.78, 5) is 10.0. The molecule has 134 valence electrons. The van der Waals surface area contributed by atoms with Crippen molar-refractivity contribution in [1.82, 2.24) is 9.97 Å². The van der Waals surface area contributed by atoms with Crippen LogP contribution in [0.25, 0.3) is 0 Å². The molecule has 1 fully saturated rings. The van der Waals surface area contributed by atoms with Crippen molar-refractivity contribution in [2.24, 2.45) is 5.73 Å². The number of anilines is 2. The highest BCUT2D eigenvalue weighted by Gasteiger charge is 2.29. The van der Waals surface area contributed by atoms with Crippen LogP contribution in [0.15, 0.2) is 11.4 Å². The van der Waals surface area contributed by atoms with E-state index in [1.165, 1.54) is 16.0 Å². The Hall–Kier alpha value is -1.08. The molecule has 2 heterocycles. The Kier molecular flexibility index (Phi) is 7.73. The topological polar surface area (TPSA) is 89.8 Å². The quantitative estimate of drug-likeness (QED) is 0.728. The summed E-state index contributed by atoms with van der Waals surface area (Å²) in [6.07, 6.45) is 2.97. The lowest BCUT2D eigenvalue weighted by Crippen LogP contribution is -2.35. The van der Waals surface area contributed by atoms with Crippen molar-refractivity contribution >= 4 is 47.9 Å². The molecule has 0 bridgehead atoms. The zero-order valence-corrected chi connectivity index (χ0v) is 16.4. The molecule has 0 aliphatic heterocycles. The van der Waals surface area contributed by atoms with E-state index in [0.717, 1.165) is 37.3 Å². The molecule has 2 aromatic rings. The number of aryl methyl sites for hydroxylation is 1. The van der Waals surface area contributed by atoms with Crippen LogP contribution in [-0.2, 0) is 6.42 Å². The summed E-state index contributed by atoms with van der Waals surface area (Å²) in [5.74, 6) is 1.58. The molecular weight excluding hydrogens is 365 g/mol. The van der Waals surface area contributed by atoms with Crippen LogP contribution in [-0.4, -0.2) is 22.6 Å². The third-order valence-electron chi connectivity index (χ3n) is 4.44. The molecule has 0 radical (unpaired) electrons. The average Bonchev–Trinajstić information content (AvgIpc) is 2.75. The molecule has 1 saturated carbocycles. The first-order valence-electron chi connectivity index (χ1n) is 7.70. The molecular formula is C16H25Cl2N5S. The molecule has 0 unspecified atom stereocenters. The summed E-state index contributed by atoms with van der Waals surface area (Å²) in [5, 5.41) is 5.61. The Balaban J connectivity index is 0.00000144. The van der Waals surface area contributed by atoms with E-state index in [-0.39, 0.29) is 24.8 Å². The molecule has 24 heavy (non-hydrogen) atoms. The number of nitrogens with zero attached hydrogens (tertiary/aromatic N) is 2. The average molecular weight is 390 g/mol. The molecule has 2 aromatic heterocycles. The van der Waals surface area contributed by atoms with Crippen LogP contribution in [0, 0.1) is 13.8 Å². The van der Waals surface area contributed by atoms with E-state index >= 15 is 0 Å². The van der Waals surface area contributed by atoms with E-state index in [9.17, 15) is 0 Å². The van der Waals surface area contributed by atoms with Gasteiger partial charge in [0.25, 0.3) is 0 Å². The molecule has 0 atom stereocenters. The summed E-state index contributed by atoms with van der Waals surface area (Å²) in [6.45, 7) is 5.19. The molecule has 8 heteroatoms. The van der Waals surface area contributed by atoms with E-state index in [0.29, 0.717) is 17.9 Å². The van der Waals surface area contributed by atoms with Gasteiger partial charge in [-0.15, -0.1) is 36.2 Å². The number of hydrogen-bond acceptors (Lipinski definition) is 6. The van der Waals surface area contributed by atoms with Crippen molar-refractivity contribution in [1.29, 1.82) is 0 Å². The molecule has 0 aromatic carbocycles. The zero-order chi connectivity index (χ0) is 15.7. The molecule has 1 aliphatic carbocycles. The second-order valence-electron chi connectivity index (χ2n) is 6.08. The van der Waals surface area contributed by atoms with E-state index < -0.39 is 0 Å². The predicted octanol–water partition coefficient (Wildman–Crippen LogP) is 3.44. The number of nitrogens with two attached hydrogens (primary N) is 2. The van der Waals surface area contributed by atoms with Crippen LogP contribution in [0.2, 0.25) is 0 Å². The maximum Gasteiger partial charge on any atom is 0.222 e. The maximum absolute atomic E-state index is 5.85. The number of halogens is 2. The largest absolute Gasteiger partial charge is 0.370 e. The summed E-state index contributed by atoms with van der Waals surface area (Å²) in [6, 6.07) is 2.32. The minimum absolute atomic E-state index is 0. The van der Waals surface area contributed by atoms with E-state index in [1.807, 2.05) is 17.4 Å². The SMILES string of the molecule is Cc1scc(CCNc2cc(C3CC(N)C3)nc(N)n2)c1C.Cl.Cl. The Morgan fingerprint density at radius 3 is 2.54 bits per heavy atom. The van der Waals surface area contributed by atoms with Gasteiger partial charge in [-0.2, -0.15) is 4.98 Å². The number of nitrogens with one attached hydrogen (secondary N) is 1.